The average Bonchev–Trinajstić information content (AvgIpc) is 3.06. The molecule has 1 fully saturated rings. The third-order valence-electron chi connectivity index (χ3n) is 3.01. The first-order valence-corrected chi connectivity index (χ1v) is 5.38. The molecule has 3 atom stereocenters. The van der Waals surface area contributed by atoms with Gasteiger partial charge >= 0.3 is 0 Å². The normalized spacial score (nSPS) is 26.0. The monoisotopic (exact) mass is 206 g/mol. The zero-order chi connectivity index (χ0) is 10.7. The second kappa shape index (κ2) is 4.64. The van der Waals surface area contributed by atoms with Gasteiger partial charge in [-0.1, -0.05) is 18.2 Å². The number of hydrogen-bond acceptors (Lipinski definition) is 3. The number of rotatable bonds is 5. The number of methoxy groups -OCH3 is 1. The van der Waals surface area contributed by atoms with E-state index in [1.54, 1.807) is 7.11 Å². The molecule has 0 spiro atoms. The Labute approximate surface area is 90.6 Å². The molecule has 3 nitrogen and oxygen atoms in total. The summed E-state index contributed by atoms with van der Waals surface area (Å²) in [7, 11) is 1.67. The highest BCUT2D eigenvalue weighted by atomic mass is 16.5. The molecule has 0 bridgehead atoms. The van der Waals surface area contributed by atoms with Crippen LogP contribution in [0.25, 0.3) is 0 Å². The number of anilines is 1. The van der Waals surface area contributed by atoms with Gasteiger partial charge in [0, 0.05) is 25.3 Å². The van der Waals surface area contributed by atoms with Crippen LogP contribution in [0.4, 0.5) is 5.69 Å². The lowest BCUT2D eigenvalue weighted by Gasteiger charge is -2.09. The molecule has 0 amide bonds. The molecule has 3 heteroatoms. The number of hydrogen-bond donors (Lipinski definition) is 2. The third kappa shape index (κ3) is 2.70. The lowest BCUT2D eigenvalue weighted by Crippen LogP contribution is -2.26. The Bertz CT molecular complexity index is 302. The van der Waals surface area contributed by atoms with Crippen molar-refractivity contribution in [2.75, 3.05) is 19.0 Å². The van der Waals surface area contributed by atoms with E-state index in [1.807, 2.05) is 18.2 Å². The second-order valence-electron chi connectivity index (χ2n) is 4.11. The highest BCUT2D eigenvalue weighted by Gasteiger charge is 2.41. The molecule has 1 aliphatic rings. The van der Waals surface area contributed by atoms with E-state index in [2.05, 4.69) is 17.4 Å². The quantitative estimate of drug-likeness (QED) is 0.720. The van der Waals surface area contributed by atoms with Crippen LogP contribution in [0.3, 0.4) is 0 Å². The van der Waals surface area contributed by atoms with Crippen molar-refractivity contribution in [3.8, 4) is 0 Å². The average molecular weight is 206 g/mol. The molecule has 0 saturated heterocycles. The molecular weight excluding hydrogens is 188 g/mol. The summed E-state index contributed by atoms with van der Waals surface area (Å²) >= 11 is 0. The minimum absolute atomic E-state index is 0.0902. The second-order valence-corrected chi connectivity index (χ2v) is 4.11. The Morgan fingerprint density at radius 1 is 1.47 bits per heavy atom. The van der Waals surface area contributed by atoms with E-state index in [1.165, 1.54) is 12.1 Å². The molecule has 82 valence electrons. The molecule has 3 N–H and O–H groups in total. The van der Waals surface area contributed by atoms with Gasteiger partial charge in [0.05, 0.1) is 0 Å². The Kier molecular flexibility index (Phi) is 3.23. The van der Waals surface area contributed by atoms with Crippen LogP contribution in [0.1, 0.15) is 6.42 Å². The molecule has 1 aromatic carbocycles. The molecule has 0 aromatic heterocycles. The lowest BCUT2D eigenvalue weighted by atomic mass is 10.2. The van der Waals surface area contributed by atoms with E-state index < -0.39 is 0 Å². The first kappa shape index (κ1) is 10.5. The lowest BCUT2D eigenvalue weighted by molar-refractivity contribution is 0.0859. The summed E-state index contributed by atoms with van der Waals surface area (Å²) in [5.41, 5.74) is 6.96. The Hall–Kier alpha value is -1.06. The van der Waals surface area contributed by atoms with Crippen LogP contribution >= 0.6 is 0 Å². The van der Waals surface area contributed by atoms with Crippen LogP contribution in [0.2, 0.25) is 0 Å². The minimum Gasteiger partial charge on any atom is -0.385 e. The van der Waals surface area contributed by atoms with Gasteiger partial charge in [-0.15, -0.1) is 0 Å². The summed E-state index contributed by atoms with van der Waals surface area (Å²) < 4.78 is 5.11. The molecule has 0 heterocycles. The van der Waals surface area contributed by atoms with E-state index in [0.29, 0.717) is 11.8 Å². The smallest absolute Gasteiger partial charge is 0.108 e. The standard InChI is InChI=1S/C12H18N2O/c1-15-12(13)11-7-9(11)8-14-10-5-3-2-4-6-10/h2-6,9,11-12,14H,7-8,13H2,1H3. The van der Waals surface area contributed by atoms with Crippen molar-refractivity contribution in [2.24, 2.45) is 17.6 Å². The fourth-order valence-corrected chi connectivity index (χ4v) is 1.89. The Morgan fingerprint density at radius 2 is 2.20 bits per heavy atom. The molecule has 1 aromatic rings. The van der Waals surface area contributed by atoms with Crippen LogP contribution in [0.5, 0.6) is 0 Å². The predicted molar refractivity (Wildman–Crippen MR) is 61.5 cm³/mol. The van der Waals surface area contributed by atoms with Crippen LogP contribution in [-0.2, 0) is 4.74 Å². The van der Waals surface area contributed by atoms with E-state index in [-0.39, 0.29) is 6.23 Å². The fraction of sp³-hybridized carbons (Fsp3) is 0.500. The van der Waals surface area contributed by atoms with Gasteiger partial charge in [0.25, 0.3) is 0 Å². The summed E-state index contributed by atoms with van der Waals surface area (Å²) in [6.45, 7) is 0.992. The third-order valence-corrected chi connectivity index (χ3v) is 3.01. The number of ether oxygens (including phenoxy) is 1. The highest BCUT2D eigenvalue weighted by Crippen LogP contribution is 2.40. The van der Waals surface area contributed by atoms with Gasteiger partial charge in [-0.05, 0) is 24.5 Å². The van der Waals surface area contributed by atoms with Crippen LogP contribution in [-0.4, -0.2) is 19.9 Å². The maximum atomic E-state index is 5.79. The Morgan fingerprint density at radius 3 is 2.87 bits per heavy atom. The Balaban J connectivity index is 1.73. The zero-order valence-corrected chi connectivity index (χ0v) is 9.02. The SMILES string of the molecule is COC(N)C1CC1CNc1ccccc1. The minimum atomic E-state index is -0.0902. The first-order chi connectivity index (χ1) is 7.31. The molecule has 0 aliphatic heterocycles. The molecular formula is C12H18N2O. The maximum absolute atomic E-state index is 5.79. The summed E-state index contributed by atoms with van der Waals surface area (Å²) in [5.74, 6) is 1.20. The van der Waals surface area contributed by atoms with Crippen molar-refractivity contribution in [1.29, 1.82) is 0 Å². The van der Waals surface area contributed by atoms with Crippen molar-refractivity contribution in [1.82, 2.24) is 0 Å². The topological polar surface area (TPSA) is 47.3 Å². The largest absolute Gasteiger partial charge is 0.385 e. The van der Waals surface area contributed by atoms with Gasteiger partial charge in [-0.3, -0.25) is 0 Å². The van der Waals surface area contributed by atoms with Crippen LogP contribution in [0.15, 0.2) is 30.3 Å². The molecule has 0 radical (unpaired) electrons. The number of benzene rings is 1. The predicted octanol–water partition coefficient (Wildman–Crippen LogP) is 1.67. The van der Waals surface area contributed by atoms with Crippen molar-refractivity contribution in [2.45, 2.75) is 12.6 Å². The molecule has 3 unspecified atom stereocenters. The van der Waals surface area contributed by atoms with Gasteiger partial charge in [-0.2, -0.15) is 0 Å². The van der Waals surface area contributed by atoms with Crippen LogP contribution in [0, 0.1) is 11.8 Å². The zero-order valence-electron chi connectivity index (χ0n) is 9.02. The molecule has 1 aliphatic carbocycles. The summed E-state index contributed by atoms with van der Waals surface area (Å²) in [4.78, 5) is 0. The van der Waals surface area contributed by atoms with Crippen molar-refractivity contribution < 1.29 is 4.74 Å². The van der Waals surface area contributed by atoms with Gasteiger partial charge in [0.1, 0.15) is 6.23 Å². The molecule has 1 saturated carbocycles. The summed E-state index contributed by atoms with van der Waals surface area (Å²) in [6, 6.07) is 10.2. The first-order valence-electron chi connectivity index (χ1n) is 5.38. The van der Waals surface area contributed by atoms with Crippen molar-refractivity contribution in [3.05, 3.63) is 30.3 Å². The van der Waals surface area contributed by atoms with Gasteiger partial charge in [0.2, 0.25) is 0 Å². The summed E-state index contributed by atoms with van der Waals surface area (Å²) in [5, 5.41) is 3.40. The number of nitrogens with two attached hydrogens (primary N) is 1. The number of para-hydroxylation sites is 1. The number of nitrogens with one attached hydrogen (secondary N) is 1. The molecule has 2 rings (SSSR count). The van der Waals surface area contributed by atoms with Gasteiger partial charge < -0.3 is 15.8 Å². The van der Waals surface area contributed by atoms with Gasteiger partial charge in [0.15, 0.2) is 0 Å². The van der Waals surface area contributed by atoms with E-state index in [4.69, 9.17) is 10.5 Å². The van der Waals surface area contributed by atoms with E-state index >= 15 is 0 Å². The fourth-order valence-electron chi connectivity index (χ4n) is 1.89. The summed E-state index contributed by atoms with van der Waals surface area (Å²) in [6.07, 6.45) is 1.09. The van der Waals surface area contributed by atoms with E-state index in [0.717, 1.165) is 6.54 Å². The van der Waals surface area contributed by atoms with Crippen LogP contribution < -0.4 is 11.1 Å². The van der Waals surface area contributed by atoms with Gasteiger partial charge in [-0.25, -0.2) is 0 Å². The maximum Gasteiger partial charge on any atom is 0.108 e. The van der Waals surface area contributed by atoms with E-state index in [9.17, 15) is 0 Å². The highest BCUT2D eigenvalue weighted by molar-refractivity contribution is 5.42. The van der Waals surface area contributed by atoms with Crippen molar-refractivity contribution in [3.63, 3.8) is 0 Å². The molecule has 15 heavy (non-hydrogen) atoms. The van der Waals surface area contributed by atoms with Crippen molar-refractivity contribution >= 4 is 5.69 Å².